The number of ether oxygens (including phenoxy) is 1. The van der Waals surface area contributed by atoms with Crippen LogP contribution in [-0.2, 0) is 5.75 Å². The van der Waals surface area contributed by atoms with E-state index in [0.29, 0.717) is 28.3 Å². The first kappa shape index (κ1) is 18.4. The highest BCUT2D eigenvalue weighted by Gasteiger charge is 2.08. The van der Waals surface area contributed by atoms with Gasteiger partial charge in [-0.15, -0.1) is 0 Å². The number of aryl methyl sites for hydroxylation is 1. The maximum Gasteiger partial charge on any atom is 0.223 e. The number of halogens is 1. The summed E-state index contributed by atoms with van der Waals surface area (Å²) in [5.74, 6) is 1.96. The molecule has 0 saturated carbocycles. The Kier molecular flexibility index (Phi) is 5.89. The summed E-state index contributed by atoms with van der Waals surface area (Å²) in [6.07, 6.45) is 0. The highest BCUT2D eigenvalue weighted by atomic mass is 32.2. The van der Waals surface area contributed by atoms with Gasteiger partial charge in [-0.1, -0.05) is 55.9 Å². The fourth-order valence-electron chi connectivity index (χ4n) is 2.43. The highest BCUT2D eigenvalue weighted by molar-refractivity contribution is 7.98. The lowest BCUT2D eigenvalue weighted by atomic mass is 10.0. The molecule has 0 atom stereocenters. The number of hydrogen-bond donors (Lipinski definition) is 0. The van der Waals surface area contributed by atoms with E-state index in [9.17, 15) is 4.39 Å². The minimum absolute atomic E-state index is 0.214. The van der Waals surface area contributed by atoms with Gasteiger partial charge in [0.05, 0.1) is 0 Å². The molecule has 0 radical (unpaired) electrons. The van der Waals surface area contributed by atoms with Crippen LogP contribution in [0.25, 0.3) is 0 Å². The van der Waals surface area contributed by atoms with E-state index < -0.39 is 0 Å². The van der Waals surface area contributed by atoms with Gasteiger partial charge in [-0.25, -0.2) is 9.37 Å². The summed E-state index contributed by atoms with van der Waals surface area (Å²) in [6.45, 7) is 6.20. The predicted molar refractivity (Wildman–Crippen MR) is 103 cm³/mol. The molecule has 2 aromatic carbocycles. The summed E-state index contributed by atoms with van der Waals surface area (Å²) in [5, 5.41) is 0.571. The van der Waals surface area contributed by atoms with Crippen LogP contribution in [0.5, 0.6) is 11.6 Å². The van der Waals surface area contributed by atoms with E-state index in [1.165, 1.54) is 23.4 Å². The van der Waals surface area contributed by atoms with Crippen molar-refractivity contribution in [3.8, 4) is 11.6 Å². The first-order chi connectivity index (χ1) is 12.5. The molecular formula is C21H21FN2OS. The van der Waals surface area contributed by atoms with Crippen molar-refractivity contribution in [2.24, 2.45) is 0 Å². The number of benzene rings is 2. The van der Waals surface area contributed by atoms with Crippen LogP contribution in [0.4, 0.5) is 4.39 Å². The van der Waals surface area contributed by atoms with Gasteiger partial charge in [0.25, 0.3) is 0 Å². The molecule has 3 aromatic rings. The summed E-state index contributed by atoms with van der Waals surface area (Å²) >= 11 is 1.39. The van der Waals surface area contributed by atoms with E-state index >= 15 is 0 Å². The molecule has 1 heterocycles. The zero-order valence-corrected chi connectivity index (χ0v) is 15.9. The lowest BCUT2D eigenvalue weighted by Crippen LogP contribution is -1.96. The van der Waals surface area contributed by atoms with Crippen LogP contribution in [-0.4, -0.2) is 9.97 Å². The van der Waals surface area contributed by atoms with Crippen LogP contribution >= 0.6 is 11.8 Å². The SMILES string of the molecule is Cc1cc(Oc2ccc(C(C)C)cc2)nc(SCc2ccccc2F)n1. The van der Waals surface area contributed by atoms with Gasteiger partial charge in [0.15, 0.2) is 5.16 Å². The molecule has 0 fully saturated rings. The van der Waals surface area contributed by atoms with Gasteiger partial charge < -0.3 is 4.74 Å². The lowest BCUT2D eigenvalue weighted by Gasteiger charge is -2.09. The summed E-state index contributed by atoms with van der Waals surface area (Å²) in [5.41, 5.74) is 2.71. The molecule has 26 heavy (non-hydrogen) atoms. The molecule has 0 aliphatic carbocycles. The van der Waals surface area contributed by atoms with Crippen molar-refractivity contribution in [1.29, 1.82) is 0 Å². The summed E-state index contributed by atoms with van der Waals surface area (Å²) < 4.78 is 19.6. The van der Waals surface area contributed by atoms with E-state index in [0.717, 1.165) is 11.4 Å². The van der Waals surface area contributed by atoms with Crippen LogP contribution in [0.15, 0.2) is 59.8 Å². The first-order valence-electron chi connectivity index (χ1n) is 8.51. The number of nitrogens with zero attached hydrogens (tertiary/aromatic N) is 2. The van der Waals surface area contributed by atoms with Gasteiger partial charge in [0.2, 0.25) is 5.88 Å². The first-order valence-corrected chi connectivity index (χ1v) is 9.49. The Morgan fingerprint density at radius 2 is 1.77 bits per heavy atom. The van der Waals surface area contributed by atoms with E-state index in [4.69, 9.17) is 4.74 Å². The van der Waals surface area contributed by atoms with Crippen molar-refractivity contribution < 1.29 is 9.13 Å². The van der Waals surface area contributed by atoms with E-state index in [-0.39, 0.29) is 5.82 Å². The molecule has 0 aliphatic rings. The Bertz CT molecular complexity index is 881. The maximum absolute atomic E-state index is 13.7. The normalized spacial score (nSPS) is 11.0. The Hall–Kier alpha value is -2.40. The fourth-order valence-corrected chi connectivity index (χ4v) is 3.31. The predicted octanol–water partition coefficient (Wildman–Crippen LogP) is 6.13. The largest absolute Gasteiger partial charge is 0.439 e. The van der Waals surface area contributed by atoms with E-state index in [2.05, 4.69) is 35.9 Å². The topological polar surface area (TPSA) is 35.0 Å². The smallest absolute Gasteiger partial charge is 0.223 e. The Balaban J connectivity index is 1.72. The standard InChI is InChI=1S/C21H21FN2OS/c1-14(2)16-8-10-18(11-9-16)25-20-12-15(3)23-21(24-20)26-13-17-6-4-5-7-19(17)22/h4-12,14H,13H2,1-3H3. The average Bonchev–Trinajstić information content (AvgIpc) is 2.61. The molecule has 0 amide bonds. The monoisotopic (exact) mass is 368 g/mol. The van der Waals surface area contributed by atoms with Gasteiger partial charge >= 0.3 is 0 Å². The van der Waals surface area contributed by atoms with Gasteiger partial charge in [-0.05, 0) is 42.2 Å². The van der Waals surface area contributed by atoms with Crippen LogP contribution in [0.1, 0.15) is 36.6 Å². The van der Waals surface area contributed by atoms with Crippen LogP contribution in [0, 0.1) is 12.7 Å². The molecule has 0 saturated heterocycles. The third kappa shape index (κ3) is 4.82. The summed E-state index contributed by atoms with van der Waals surface area (Å²) in [4.78, 5) is 8.85. The second kappa shape index (κ2) is 8.32. The molecule has 1 aromatic heterocycles. The molecule has 0 N–H and O–H groups in total. The molecule has 0 unspecified atom stereocenters. The molecule has 0 aliphatic heterocycles. The molecule has 0 bridgehead atoms. The molecule has 0 spiro atoms. The molecule has 5 heteroatoms. The van der Waals surface area contributed by atoms with Crippen molar-refractivity contribution in [2.75, 3.05) is 0 Å². The Morgan fingerprint density at radius 1 is 1.04 bits per heavy atom. The van der Waals surface area contributed by atoms with Crippen LogP contribution in [0.2, 0.25) is 0 Å². The number of thioether (sulfide) groups is 1. The Morgan fingerprint density at radius 3 is 2.46 bits per heavy atom. The van der Waals surface area contributed by atoms with Crippen LogP contribution in [0.3, 0.4) is 0 Å². The summed E-state index contributed by atoms with van der Waals surface area (Å²) in [6, 6.07) is 16.5. The molecule has 3 nitrogen and oxygen atoms in total. The van der Waals surface area contributed by atoms with Crippen molar-refractivity contribution in [3.63, 3.8) is 0 Å². The van der Waals surface area contributed by atoms with Gasteiger partial charge in [0.1, 0.15) is 11.6 Å². The van der Waals surface area contributed by atoms with Gasteiger partial charge in [0, 0.05) is 17.5 Å². The highest BCUT2D eigenvalue weighted by Crippen LogP contribution is 2.26. The maximum atomic E-state index is 13.7. The minimum atomic E-state index is -0.214. The average molecular weight is 368 g/mol. The fraction of sp³-hybridized carbons (Fsp3) is 0.238. The van der Waals surface area contributed by atoms with Gasteiger partial charge in [-0.3, -0.25) is 0 Å². The van der Waals surface area contributed by atoms with Crippen molar-refractivity contribution in [3.05, 3.63) is 77.2 Å². The number of hydrogen-bond acceptors (Lipinski definition) is 4. The minimum Gasteiger partial charge on any atom is -0.439 e. The quantitative estimate of drug-likeness (QED) is 0.387. The van der Waals surface area contributed by atoms with E-state index in [1.807, 2.05) is 25.1 Å². The second-order valence-electron chi connectivity index (χ2n) is 6.34. The number of rotatable bonds is 6. The zero-order valence-electron chi connectivity index (χ0n) is 15.1. The molecule has 134 valence electrons. The van der Waals surface area contributed by atoms with Crippen LogP contribution < -0.4 is 4.74 Å². The Labute approximate surface area is 157 Å². The van der Waals surface area contributed by atoms with E-state index in [1.54, 1.807) is 18.2 Å². The lowest BCUT2D eigenvalue weighted by molar-refractivity contribution is 0.454. The summed E-state index contributed by atoms with van der Waals surface area (Å²) in [7, 11) is 0. The zero-order chi connectivity index (χ0) is 18.5. The second-order valence-corrected chi connectivity index (χ2v) is 7.28. The number of aromatic nitrogens is 2. The third-order valence-corrected chi connectivity index (χ3v) is 4.79. The van der Waals surface area contributed by atoms with Crippen molar-refractivity contribution in [2.45, 2.75) is 37.6 Å². The van der Waals surface area contributed by atoms with Gasteiger partial charge in [-0.2, -0.15) is 4.98 Å². The molecular weight excluding hydrogens is 347 g/mol. The van der Waals surface area contributed by atoms with Crippen molar-refractivity contribution >= 4 is 11.8 Å². The van der Waals surface area contributed by atoms with Crippen molar-refractivity contribution in [1.82, 2.24) is 9.97 Å². The molecule has 3 rings (SSSR count). The third-order valence-electron chi connectivity index (χ3n) is 3.89.